The monoisotopic (exact) mass is 331 g/mol. The van der Waals surface area contributed by atoms with Crippen LogP contribution in [0.4, 0.5) is 0 Å². The first-order valence-electron chi connectivity index (χ1n) is 8.78. The second-order valence-corrected chi connectivity index (χ2v) is 6.74. The van der Waals surface area contributed by atoms with Gasteiger partial charge in [-0.3, -0.25) is 0 Å². The van der Waals surface area contributed by atoms with E-state index in [2.05, 4.69) is 64.6 Å². The molecule has 4 nitrogen and oxygen atoms in total. The molecule has 1 aromatic heterocycles. The van der Waals surface area contributed by atoms with Crippen LogP contribution in [0.15, 0.2) is 48.5 Å². The number of H-pyrrole nitrogens is 1. The molecule has 0 spiro atoms. The van der Waals surface area contributed by atoms with Gasteiger partial charge >= 0.3 is 0 Å². The molecule has 2 aromatic carbocycles. The lowest BCUT2D eigenvalue weighted by atomic mass is 9.99. The van der Waals surface area contributed by atoms with Gasteiger partial charge in [-0.05, 0) is 42.7 Å². The minimum atomic E-state index is 0.305. The minimum Gasteiger partial charge on any atom is -0.497 e. The van der Waals surface area contributed by atoms with Crippen LogP contribution in [-0.2, 0) is 6.42 Å². The van der Waals surface area contributed by atoms with Crippen molar-refractivity contribution < 1.29 is 4.74 Å². The number of hydrogen-bond acceptors (Lipinski definition) is 3. The number of nitrogens with one attached hydrogen (secondary N) is 2. The van der Waals surface area contributed by atoms with Gasteiger partial charge in [0, 0.05) is 17.4 Å². The molecule has 5 rings (SSSR count). The van der Waals surface area contributed by atoms with Gasteiger partial charge < -0.3 is 19.9 Å². The highest BCUT2D eigenvalue weighted by atomic mass is 16.5. The molecule has 0 aliphatic carbocycles. The van der Waals surface area contributed by atoms with E-state index in [0.29, 0.717) is 6.17 Å². The fraction of sp³-hybridized carbons (Fsp3) is 0.238. The first-order valence-corrected chi connectivity index (χ1v) is 8.78. The molecule has 2 N–H and O–H groups in total. The molecule has 0 saturated heterocycles. The summed E-state index contributed by atoms with van der Waals surface area (Å²) < 4.78 is 5.43. The summed E-state index contributed by atoms with van der Waals surface area (Å²) in [5.74, 6) is 0.909. The van der Waals surface area contributed by atoms with Crippen LogP contribution in [0.5, 0.6) is 5.75 Å². The molecular weight excluding hydrogens is 310 g/mol. The lowest BCUT2D eigenvalue weighted by Gasteiger charge is -2.30. The summed E-state index contributed by atoms with van der Waals surface area (Å²) in [6.07, 6.45) is 1.35. The van der Waals surface area contributed by atoms with Gasteiger partial charge in [0.05, 0.1) is 30.4 Å². The Hall–Kier alpha value is -2.88. The van der Waals surface area contributed by atoms with E-state index < -0.39 is 0 Å². The van der Waals surface area contributed by atoms with E-state index in [-0.39, 0.29) is 0 Å². The molecule has 0 fully saturated rings. The standard InChI is InChI=1S/C21H21N3O/c1-13-22-19(14-6-4-3-5-7-14)21-20-16(10-11-24(13)21)17-12-15(25-2)8-9-18(17)23-20/h3-9,12-13,22-23H,10-11H2,1-2H3. The molecule has 0 bridgehead atoms. The molecule has 3 aromatic rings. The van der Waals surface area contributed by atoms with E-state index in [0.717, 1.165) is 18.7 Å². The number of benzene rings is 2. The van der Waals surface area contributed by atoms with Gasteiger partial charge in [-0.1, -0.05) is 30.3 Å². The number of rotatable bonds is 2. The molecule has 1 unspecified atom stereocenters. The van der Waals surface area contributed by atoms with Gasteiger partial charge in [-0.15, -0.1) is 0 Å². The summed E-state index contributed by atoms with van der Waals surface area (Å²) in [5.41, 5.74) is 7.54. The normalized spacial score (nSPS) is 19.0. The van der Waals surface area contributed by atoms with Crippen LogP contribution in [0.2, 0.25) is 0 Å². The third kappa shape index (κ3) is 2.07. The Morgan fingerprint density at radius 3 is 2.76 bits per heavy atom. The average Bonchev–Trinajstić information content (AvgIpc) is 3.19. The molecule has 2 aliphatic rings. The van der Waals surface area contributed by atoms with Crippen LogP contribution < -0.4 is 10.1 Å². The number of fused-ring (bicyclic) bond motifs is 5. The topological polar surface area (TPSA) is 40.3 Å². The number of methoxy groups -OCH3 is 1. The fourth-order valence-electron chi connectivity index (χ4n) is 4.14. The lowest BCUT2D eigenvalue weighted by molar-refractivity contribution is 0.309. The highest BCUT2D eigenvalue weighted by molar-refractivity contribution is 5.98. The summed E-state index contributed by atoms with van der Waals surface area (Å²) in [7, 11) is 1.72. The molecule has 0 saturated carbocycles. The predicted octanol–water partition coefficient (Wildman–Crippen LogP) is 3.81. The van der Waals surface area contributed by atoms with Gasteiger partial charge in [0.15, 0.2) is 0 Å². The summed E-state index contributed by atoms with van der Waals surface area (Å²) >= 11 is 0. The van der Waals surface area contributed by atoms with Crippen molar-refractivity contribution in [2.24, 2.45) is 0 Å². The molecule has 4 heteroatoms. The lowest BCUT2D eigenvalue weighted by Crippen LogP contribution is -2.37. The van der Waals surface area contributed by atoms with Crippen LogP contribution in [0.25, 0.3) is 22.3 Å². The molecular formula is C21H21N3O. The van der Waals surface area contributed by atoms with Crippen molar-refractivity contribution >= 4 is 22.3 Å². The highest BCUT2D eigenvalue weighted by Gasteiger charge is 2.35. The first kappa shape index (κ1) is 14.5. The summed E-state index contributed by atoms with van der Waals surface area (Å²) in [5, 5.41) is 4.95. The van der Waals surface area contributed by atoms with Gasteiger partial charge in [-0.25, -0.2) is 0 Å². The predicted molar refractivity (Wildman–Crippen MR) is 101 cm³/mol. The Kier molecular flexibility index (Phi) is 3.07. The molecule has 0 radical (unpaired) electrons. The Morgan fingerprint density at radius 1 is 1.12 bits per heavy atom. The zero-order valence-electron chi connectivity index (χ0n) is 14.5. The molecule has 2 aliphatic heterocycles. The summed E-state index contributed by atoms with van der Waals surface area (Å²) in [6, 6.07) is 16.9. The van der Waals surface area contributed by atoms with Crippen molar-refractivity contribution in [3.63, 3.8) is 0 Å². The second kappa shape index (κ2) is 5.31. The van der Waals surface area contributed by atoms with Crippen molar-refractivity contribution in [1.82, 2.24) is 15.2 Å². The number of ether oxygens (including phenoxy) is 1. The SMILES string of the molecule is COc1ccc2[nH]c3c(c2c1)CCN1C3=C(c2ccccc2)NC1C. The third-order valence-corrected chi connectivity index (χ3v) is 5.36. The van der Waals surface area contributed by atoms with E-state index in [1.165, 1.54) is 39.1 Å². The van der Waals surface area contributed by atoms with E-state index in [9.17, 15) is 0 Å². The van der Waals surface area contributed by atoms with Gasteiger partial charge in [0.25, 0.3) is 0 Å². The zero-order valence-corrected chi connectivity index (χ0v) is 14.5. The van der Waals surface area contributed by atoms with E-state index in [1.807, 2.05) is 6.07 Å². The van der Waals surface area contributed by atoms with Crippen molar-refractivity contribution in [3.8, 4) is 5.75 Å². The third-order valence-electron chi connectivity index (χ3n) is 5.36. The van der Waals surface area contributed by atoms with Crippen LogP contribution in [-0.4, -0.2) is 29.7 Å². The van der Waals surface area contributed by atoms with Crippen LogP contribution in [0, 0.1) is 0 Å². The maximum Gasteiger partial charge on any atom is 0.119 e. The first-order chi connectivity index (χ1) is 12.3. The Morgan fingerprint density at radius 2 is 1.96 bits per heavy atom. The van der Waals surface area contributed by atoms with E-state index in [4.69, 9.17) is 4.74 Å². The molecule has 1 atom stereocenters. The fourth-order valence-corrected chi connectivity index (χ4v) is 4.14. The largest absolute Gasteiger partial charge is 0.497 e. The highest BCUT2D eigenvalue weighted by Crippen LogP contribution is 2.41. The average molecular weight is 331 g/mol. The quantitative estimate of drug-likeness (QED) is 0.750. The Bertz CT molecular complexity index is 987. The van der Waals surface area contributed by atoms with Crippen LogP contribution in [0.3, 0.4) is 0 Å². The molecule has 25 heavy (non-hydrogen) atoms. The van der Waals surface area contributed by atoms with E-state index >= 15 is 0 Å². The van der Waals surface area contributed by atoms with Gasteiger partial charge in [0.2, 0.25) is 0 Å². The maximum atomic E-state index is 5.43. The van der Waals surface area contributed by atoms with Crippen molar-refractivity contribution in [2.45, 2.75) is 19.5 Å². The smallest absolute Gasteiger partial charge is 0.119 e. The maximum absolute atomic E-state index is 5.43. The van der Waals surface area contributed by atoms with Crippen LogP contribution >= 0.6 is 0 Å². The summed E-state index contributed by atoms with van der Waals surface area (Å²) in [4.78, 5) is 6.13. The Balaban J connectivity index is 1.76. The number of aromatic nitrogens is 1. The number of hydrogen-bond donors (Lipinski definition) is 2. The zero-order chi connectivity index (χ0) is 17.0. The number of nitrogens with zero attached hydrogens (tertiary/aromatic N) is 1. The van der Waals surface area contributed by atoms with Crippen molar-refractivity contribution in [2.75, 3.05) is 13.7 Å². The molecule has 126 valence electrons. The molecule has 0 amide bonds. The van der Waals surface area contributed by atoms with Crippen molar-refractivity contribution in [3.05, 3.63) is 65.4 Å². The second-order valence-electron chi connectivity index (χ2n) is 6.74. The minimum absolute atomic E-state index is 0.305. The Labute approximate surface area is 147 Å². The van der Waals surface area contributed by atoms with Crippen LogP contribution in [0.1, 0.15) is 23.7 Å². The number of aromatic amines is 1. The van der Waals surface area contributed by atoms with E-state index in [1.54, 1.807) is 7.11 Å². The molecule has 3 heterocycles. The summed E-state index contributed by atoms with van der Waals surface area (Å²) in [6.45, 7) is 3.25. The van der Waals surface area contributed by atoms with Crippen molar-refractivity contribution in [1.29, 1.82) is 0 Å². The van der Waals surface area contributed by atoms with Gasteiger partial charge in [-0.2, -0.15) is 0 Å². The van der Waals surface area contributed by atoms with Gasteiger partial charge in [0.1, 0.15) is 5.75 Å².